The number of aliphatic hydroxyl groups excluding tert-OH is 1. The van der Waals surface area contributed by atoms with E-state index in [0.29, 0.717) is 13.0 Å². The number of carbonyl (C=O) groups is 1. The summed E-state index contributed by atoms with van der Waals surface area (Å²) in [5, 5.41) is 14.4. The van der Waals surface area contributed by atoms with E-state index in [0.717, 1.165) is 0 Å². The van der Waals surface area contributed by atoms with Crippen LogP contribution in [0.25, 0.3) is 10.8 Å². The fourth-order valence-electron chi connectivity index (χ4n) is 2.40. The van der Waals surface area contributed by atoms with Crippen molar-refractivity contribution in [1.82, 2.24) is 5.32 Å². The number of benzene rings is 2. The van der Waals surface area contributed by atoms with Crippen LogP contribution in [0, 0.1) is 0 Å². The van der Waals surface area contributed by atoms with Gasteiger partial charge in [0.15, 0.2) is 0 Å². The molecule has 1 amide bonds. The summed E-state index contributed by atoms with van der Waals surface area (Å²) in [6.45, 7) is 2.19. The van der Waals surface area contributed by atoms with Crippen molar-refractivity contribution in [3.05, 3.63) is 48.0 Å². The van der Waals surface area contributed by atoms with Gasteiger partial charge in [-0.05, 0) is 22.8 Å². The summed E-state index contributed by atoms with van der Waals surface area (Å²) in [7, 11) is 0. The Balaban J connectivity index is 2.35. The average Bonchev–Trinajstić information content (AvgIpc) is 2.43. The molecular formula is C16H19NO2. The summed E-state index contributed by atoms with van der Waals surface area (Å²) in [5.74, 6) is 0.100. The molecule has 0 aromatic heterocycles. The van der Waals surface area contributed by atoms with Gasteiger partial charge >= 0.3 is 0 Å². The van der Waals surface area contributed by atoms with Gasteiger partial charge in [-0.2, -0.15) is 0 Å². The van der Waals surface area contributed by atoms with Crippen LogP contribution in [0.3, 0.4) is 0 Å². The molecule has 2 aromatic carbocycles. The third kappa shape index (κ3) is 3.32. The molecule has 2 rings (SSSR count). The Morgan fingerprint density at radius 2 is 1.95 bits per heavy atom. The van der Waals surface area contributed by atoms with E-state index in [-0.39, 0.29) is 18.4 Å². The van der Waals surface area contributed by atoms with Crippen LogP contribution in [0.2, 0.25) is 0 Å². The zero-order valence-corrected chi connectivity index (χ0v) is 11.1. The second kappa shape index (κ2) is 6.34. The number of amides is 1. The number of hydrogen-bond donors (Lipinski definition) is 2. The van der Waals surface area contributed by atoms with Crippen molar-refractivity contribution in [2.75, 3.05) is 13.2 Å². The molecule has 100 valence electrons. The van der Waals surface area contributed by atoms with Gasteiger partial charge in [-0.3, -0.25) is 4.79 Å². The van der Waals surface area contributed by atoms with Crippen LogP contribution in [-0.2, 0) is 4.79 Å². The summed E-state index contributed by atoms with van der Waals surface area (Å²) in [5.41, 5.74) is 1.18. The summed E-state index contributed by atoms with van der Waals surface area (Å²) >= 11 is 0. The molecule has 2 aromatic rings. The van der Waals surface area contributed by atoms with Crippen molar-refractivity contribution in [1.29, 1.82) is 0 Å². The van der Waals surface area contributed by atoms with E-state index in [1.165, 1.54) is 23.3 Å². The maximum Gasteiger partial charge on any atom is 0.216 e. The van der Waals surface area contributed by atoms with Gasteiger partial charge < -0.3 is 10.4 Å². The van der Waals surface area contributed by atoms with Gasteiger partial charge in [0.05, 0.1) is 0 Å². The minimum Gasteiger partial charge on any atom is -0.396 e. The second-order valence-corrected chi connectivity index (χ2v) is 4.71. The van der Waals surface area contributed by atoms with Crippen molar-refractivity contribution in [2.45, 2.75) is 19.3 Å². The molecule has 0 bridgehead atoms. The summed E-state index contributed by atoms with van der Waals surface area (Å²) in [4.78, 5) is 11.1. The predicted molar refractivity (Wildman–Crippen MR) is 77.1 cm³/mol. The lowest BCUT2D eigenvalue weighted by atomic mass is 9.91. The number of fused-ring (bicyclic) bond motifs is 1. The predicted octanol–water partition coefficient (Wildman–Crippen LogP) is 2.44. The van der Waals surface area contributed by atoms with Crippen molar-refractivity contribution in [3.8, 4) is 0 Å². The number of hydrogen-bond acceptors (Lipinski definition) is 2. The van der Waals surface area contributed by atoms with Gasteiger partial charge in [-0.25, -0.2) is 0 Å². The first-order valence-corrected chi connectivity index (χ1v) is 6.55. The van der Waals surface area contributed by atoms with Crippen LogP contribution in [-0.4, -0.2) is 24.2 Å². The van der Waals surface area contributed by atoms with Crippen molar-refractivity contribution in [3.63, 3.8) is 0 Å². The van der Waals surface area contributed by atoms with E-state index in [1.807, 2.05) is 18.2 Å². The van der Waals surface area contributed by atoms with E-state index in [4.69, 9.17) is 0 Å². The molecule has 0 heterocycles. The van der Waals surface area contributed by atoms with Gasteiger partial charge in [-0.15, -0.1) is 0 Å². The lowest BCUT2D eigenvalue weighted by Crippen LogP contribution is -2.26. The minimum absolute atomic E-state index is 0.0387. The summed E-state index contributed by atoms with van der Waals surface area (Å²) in [6.07, 6.45) is 0.647. The summed E-state index contributed by atoms with van der Waals surface area (Å²) < 4.78 is 0. The highest BCUT2D eigenvalue weighted by atomic mass is 16.3. The van der Waals surface area contributed by atoms with Crippen LogP contribution in [0.4, 0.5) is 0 Å². The van der Waals surface area contributed by atoms with E-state index in [1.54, 1.807) is 0 Å². The smallest absolute Gasteiger partial charge is 0.216 e. The van der Waals surface area contributed by atoms with Gasteiger partial charge in [0.1, 0.15) is 0 Å². The van der Waals surface area contributed by atoms with Gasteiger partial charge in [0, 0.05) is 26.0 Å². The van der Waals surface area contributed by atoms with Gasteiger partial charge in [-0.1, -0.05) is 42.5 Å². The highest BCUT2D eigenvalue weighted by Crippen LogP contribution is 2.27. The Morgan fingerprint density at radius 1 is 1.21 bits per heavy atom. The Morgan fingerprint density at radius 3 is 2.68 bits per heavy atom. The van der Waals surface area contributed by atoms with Crippen LogP contribution in [0.15, 0.2) is 42.5 Å². The number of rotatable bonds is 5. The largest absolute Gasteiger partial charge is 0.396 e. The molecule has 0 saturated carbocycles. The molecule has 0 radical (unpaired) electrons. The molecule has 3 nitrogen and oxygen atoms in total. The molecule has 0 saturated heterocycles. The Hall–Kier alpha value is -1.87. The first-order valence-electron chi connectivity index (χ1n) is 6.55. The van der Waals surface area contributed by atoms with E-state index >= 15 is 0 Å². The number of nitrogens with one attached hydrogen (secondary N) is 1. The molecule has 19 heavy (non-hydrogen) atoms. The second-order valence-electron chi connectivity index (χ2n) is 4.71. The zero-order valence-electron chi connectivity index (χ0n) is 11.1. The van der Waals surface area contributed by atoms with E-state index < -0.39 is 0 Å². The molecule has 0 fully saturated rings. The fourth-order valence-corrected chi connectivity index (χ4v) is 2.40. The first kappa shape index (κ1) is 13.6. The Labute approximate surface area is 113 Å². The van der Waals surface area contributed by atoms with Gasteiger partial charge in [0.2, 0.25) is 5.91 Å². The Bertz CT molecular complexity index is 560. The Kier molecular flexibility index (Phi) is 4.53. The molecular weight excluding hydrogens is 238 g/mol. The normalized spacial score (nSPS) is 12.3. The van der Waals surface area contributed by atoms with Crippen molar-refractivity contribution < 1.29 is 9.90 Å². The number of carbonyl (C=O) groups excluding carboxylic acids is 1. The van der Waals surface area contributed by atoms with Crippen LogP contribution >= 0.6 is 0 Å². The minimum atomic E-state index is -0.0387. The molecule has 3 heteroatoms. The molecule has 1 atom stereocenters. The van der Waals surface area contributed by atoms with E-state index in [9.17, 15) is 9.90 Å². The molecule has 0 aliphatic rings. The average molecular weight is 257 g/mol. The fraction of sp³-hybridized carbons (Fsp3) is 0.312. The van der Waals surface area contributed by atoms with E-state index in [2.05, 4.69) is 29.6 Å². The van der Waals surface area contributed by atoms with Crippen molar-refractivity contribution in [2.24, 2.45) is 0 Å². The topological polar surface area (TPSA) is 49.3 Å². The third-order valence-corrected chi connectivity index (χ3v) is 3.34. The molecule has 0 aliphatic carbocycles. The molecule has 0 spiro atoms. The van der Waals surface area contributed by atoms with Gasteiger partial charge in [0.25, 0.3) is 0 Å². The van der Waals surface area contributed by atoms with Crippen LogP contribution < -0.4 is 5.32 Å². The highest BCUT2D eigenvalue weighted by Gasteiger charge is 2.14. The molecule has 2 N–H and O–H groups in total. The summed E-state index contributed by atoms with van der Waals surface area (Å²) in [6, 6.07) is 14.4. The molecule has 1 unspecified atom stereocenters. The van der Waals surface area contributed by atoms with Crippen LogP contribution in [0.1, 0.15) is 24.8 Å². The monoisotopic (exact) mass is 257 g/mol. The SMILES string of the molecule is CC(=O)NCC(CCO)c1cccc2ccccc12. The first-order chi connectivity index (χ1) is 9.22. The maximum absolute atomic E-state index is 11.1. The standard InChI is InChI=1S/C16H19NO2/c1-12(19)17-11-14(9-10-18)16-8-4-6-13-5-2-3-7-15(13)16/h2-8,14,18H,9-11H2,1H3,(H,17,19). The zero-order chi connectivity index (χ0) is 13.7. The van der Waals surface area contributed by atoms with Crippen LogP contribution in [0.5, 0.6) is 0 Å². The highest BCUT2D eigenvalue weighted by molar-refractivity contribution is 5.86. The maximum atomic E-state index is 11.1. The lowest BCUT2D eigenvalue weighted by Gasteiger charge is -2.18. The number of aliphatic hydroxyl groups is 1. The third-order valence-electron chi connectivity index (χ3n) is 3.34. The quantitative estimate of drug-likeness (QED) is 0.864. The lowest BCUT2D eigenvalue weighted by molar-refractivity contribution is -0.119. The molecule has 0 aliphatic heterocycles. The van der Waals surface area contributed by atoms with Crippen molar-refractivity contribution >= 4 is 16.7 Å².